The summed E-state index contributed by atoms with van der Waals surface area (Å²) in [4.78, 5) is 74.7. The predicted molar refractivity (Wildman–Crippen MR) is 119 cm³/mol. The van der Waals surface area contributed by atoms with Crippen LogP contribution in [0.3, 0.4) is 0 Å². The average Bonchev–Trinajstić information content (AvgIpc) is 3.46. The Morgan fingerprint density at radius 3 is 2.32 bits per heavy atom. The van der Waals surface area contributed by atoms with Crippen LogP contribution in [0.15, 0.2) is 0 Å². The first kappa shape index (κ1) is 27.0. The zero-order valence-electron chi connectivity index (χ0n) is 19.5. The molecule has 7 N–H and O–H groups in total. The fourth-order valence-corrected chi connectivity index (χ4v) is 4.14. The molecule has 0 unspecified atom stereocenters. The van der Waals surface area contributed by atoms with Crippen molar-refractivity contribution in [3.8, 4) is 0 Å². The van der Waals surface area contributed by atoms with E-state index in [0.29, 0.717) is 25.8 Å². The van der Waals surface area contributed by atoms with Gasteiger partial charge in [0.05, 0.1) is 12.5 Å². The standard InChI is InChI=1S/C21H34N6O7/c1-11(2)17(26-18(31)12-5-3-7-23-12)20(33)25-13(9-15(22)28)21(34)27-8-4-6-14(27)19(32)24-10-16(29)30/h11-14,17,23H,3-10H2,1-2H3,(H2,22,28)(H,24,32)(H,25,33)(H,26,31)(H,29,30)/t12-,13-,14-,17-/m0/s1. The van der Waals surface area contributed by atoms with Crippen LogP contribution in [0.4, 0.5) is 0 Å². The molecule has 0 spiro atoms. The zero-order chi connectivity index (χ0) is 25.4. The topological polar surface area (TPSA) is 200 Å². The minimum absolute atomic E-state index is 0.201. The van der Waals surface area contributed by atoms with Gasteiger partial charge < -0.3 is 37.0 Å². The highest BCUT2D eigenvalue weighted by atomic mass is 16.4. The first-order valence-corrected chi connectivity index (χ1v) is 11.4. The minimum Gasteiger partial charge on any atom is -0.480 e. The lowest BCUT2D eigenvalue weighted by Crippen LogP contribution is -2.59. The molecule has 2 fully saturated rings. The maximum absolute atomic E-state index is 13.2. The van der Waals surface area contributed by atoms with Gasteiger partial charge in [-0.25, -0.2) is 0 Å². The van der Waals surface area contributed by atoms with Crippen molar-refractivity contribution >= 4 is 35.5 Å². The smallest absolute Gasteiger partial charge is 0.322 e. The lowest BCUT2D eigenvalue weighted by atomic mass is 10.0. The number of carbonyl (C=O) groups is 6. The van der Waals surface area contributed by atoms with Crippen LogP contribution >= 0.6 is 0 Å². The number of hydrogen-bond acceptors (Lipinski definition) is 7. The summed E-state index contributed by atoms with van der Waals surface area (Å²) in [6.07, 6.45) is 1.82. The maximum atomic E-state index is 13.2. The molecule has 0 aromatic rings. The highest BCUT2D eigenvalue weighted by Gasteiger charge is 2.39. The molecular formula is C21H34N6O7. The summed E-state index contributed by atoms with van der Waals surface area (Å²) in [6, 6.07) is -3.60. The minimum atomic E-state index is -1.33. The third-order valence-electron chi connectivity index (χ3n) is 5.90. The van der Waals surface area contributed by atoms with Crippen LogP contribution in [0.25, 0.3) is 0 Å². The molecule has 2 heterocycles. The van der Waals surface area contributed by atoms with Crippen LogP contribution in [-0.4, -0.2) is 89.3 Å². The fourth-order valence-electron chi connectivity index (χ4n) is 4.14. The molecule has 0 aromatic carbocycles. The van der Waals surface area contributed by atoms with Crippen molar-refractivity contribution in [1.82, 2.24) is 26.2 Å². The number of hydrogen-bond donors (Lipinski definition) is 6. The number of carboxylic acids is 1. The van der Waals surface area contributed by atoms with Gasteiger partial charge >= 0.3 is 5.97 Å². The number of aliphatic carboxylic acids is 1. The van der Waals surface area contributed by atoms with Crippen LogP contribution in [-0.2, 0) is 28.8 Å². The second kappa shape index (κ2) is 12.3. The highest BCUT2D eigenvalue weighted by molar-refractivity contribution is 5.97. The van der Waals surface area contributed by atoms with E-state index in [0.717, 1.165) is 6.42 Å². The van der Waals surface area contributed by atoms with Gasteiger partial charge in [-0.15, -0.1) is 0 Å². The van der Waals surface area contributed by atoms with E-state index in [-0.39, 0.29) is 18.4 Å². The molecule has 0 radical (unpaired) electrons. The average molecular weight is 483 g/mol. The van der Waals surface area contributed by atoms with Crippen LogP contribution < -0.4 is 27.0 Å². The van der Waals surface area contributed by atoms with Crippen molar-refractivity contribution in [2.45, 2.75) is 70.1 Å². The summed E-state index contributed by atoms with van der Waals surface area (Å²) < 4.78 is 0. The summed E-state index contributed by atoms with van der Waals surface area (Å²) in [7, 11) is 0. The van der Waals surface area contributed by atoms with Gasteiger partial charge in [0.25, 0.3) is 0 Å². The lowest BCUT2D eigenvalue weighted by molar-refractivity contribution is -0.144. The third-order valence-corrected chi connectivity index (χ3v) is 5.90. The lowest BCUT2D eigenvalue weighted by Gasteiger charge is -2.30. The van der Waals surface area contributed by atoms with E-state index in [1.807, 2.05) is 0 Å². The summed E-state index contributed by atoms with van der Waals surface area (Å²) in [5, 5.41) is 19.3. The summed E-state index contributed by atoms with van der Waals surface area (Å²) in [6.45, 7) is 3.79. The molecule has 2 aliphatic heterocycles. The molecule has 0 saturated carbocycles. The van der Waals surface area contributed by atoms with E-state index < -0.39 is 66.7 Å². The SMILES string of the molecule is CC(C)[C@H](NC(=O)[C@@H]1CCCN1)C(=O)N[C@@H](CC(N)=O)C(=O)N1CCC[C@H]1C(=O)NCC(=O)O. The van der Waals surface area contributed by atoms with Crippen molar-refractivity contribution in [3.05, 3.63) is 0 Å². The quantitative estimate of drug-likeness (QED) is 0.184. The number of primary amides is 1. The van der Waals surface area contributed by atoms with E-state index in [4.69, 9.17) is 10.8 Å². The van der Waals surface area contributed by atoms with Crippen LogP contribution in [0, 0.1) is 5.92 Å². The number of likely N-dealkylation sites (tertiary alicyclic amines) is 1. The summed E-state index contributed by atoms with van der Waals surface area (Å²) in [5.74, 6) is -4.63. The van der Waals surface area contributed by atoms with Gasteiger partial charge in [-0.05, 0) is 38.1 Å². The van der Waals surface area contributed by atoms with Crippen molar-refractivity contribution < 1.29 is 33.9 Å². The molecule has 0 aromatic heterocycles. The van der Waals surface area contributed by atoms with E-state index in [9.17, 15) is 28.8 Å². The van der Waals surface area contributed by atoms with E-state index >= 15 is 0 Å². The Balaban J connectivity index is 2.11. The van der Waals surface area contributed by atoms with Crippen molar-refractivity contribution in [2.75, 3.05) is 19.6 Å². The highest BCUT2D eigenvalue weighted by Crippen LogP contribution is 2.19. The Morgan fingerprint density at radius 1 is 1.06 bits per heavy atom. The molecule has 34 heavy (non-hydrogen) atoms. The molecule has 13 nitrogen and oxygen atoms in total. The van der Waals surface area contributed by atoms with E-state index in [1.165, 1.54) is 4.90 Å². The number of rotatable bonds is 11. The number of amides is 5. The molecular weight excluding hydrogens is 448 g/mol. The molecule has 0 bridgehead atoms. The molecule has 2 saturated heterocycles. The largest absolute Gasteiger partial charge is 0.480 e. The van der Waals surface area contributed by atoms with Crippen molar-refractivity contribution in [1.29, 1.82) is 0 Å². The first-order valence-electron chi connectivity index (χ1n) is 11.4. The summed E-state index contributed by atoms with van der Waals surface area (Å²) >= 11 is 0. The Bertz CT molecular complexity index is 811. The molecule has 13 heteroatoms. The van der Waals surface area contributed by atoms with Crippen LogP contribution in [0.5, 0.6) is 0 Å². The van der Waals surface area contributed by atoms with E-state index in [2.05, 4.69) is 21.3 Å². The normalized spacial score (nSPS) is 21.6. The maximum Gasteiger partial charge on any atom is 0.322 e. The van der Waals surface area contributed by atoms with Gasteiger partial charge in [0.15, 0.2) is 0 Å². The molecule has 190 valence electrons. The van der Waals surface area contributed by atoms with Gasteiger partial charge in [-0.3, -0.25) is 28.8 Å². The molecule has 2 aliphatic rings. The van der Waals surface area contributed by atoms with Gasteiger partial charge in [0.1, 0.15) is 24.7 Å². The molecule has 5 amide bonds. The van der Waals surface area contributed by atoms with Crippen molar-refractivity contribution in [3.63, 3.8) is 0 Å². The van der Waals surface area contributed by atoms with Crippen LogP contribution in [0.2, 0.25) is 0 Å². The Labute approximate surface area is 197 Å². The molecule has 2 rings (SSSR count). The second-order valence-electron chi connectivity index (χ2n) is 8.91. The Morgan fingerprint density at radius 2 is 1.76 bits per heavy atom. The molecule has 0 aliphatic carbocycles. The summed E-state index contributed by atoms with van der Waals surface area (Å²) in [5.41, 5.74) is 5.30. The number of carbonyl (C=O) groups excluding carboxylic acids is 5. The van der Waals surface area contributed by atoms with Crippen molar-refractivity contribution in [2.24, 2.45) is 11.7 Å². The Kier molecular flexibility index (Phi) is 9.78. The number of nitrogens with one attached hydrogen (secondary N) is 4. The number of nitrogens with two attached hydrogens (primary N) is 1. The number of nitrogens with zero attached hydrogens (tertiary/aromatic N) is 1. The van der Waals surface area contributed by atoms with Gasteiger partial charge in [0.2, 0.25) is 29.5 Å². The van der Waals surface area contributed by atoms with Gasteiger partial charge in [-0.1, -0.05) is 13.8 Å². The van der Waals surface area contributed by atoms with E-state index in [1.54, 1.807) is 13.8 Å². The zero-order valence-corrected chi connectivity index (χ0v) is 19.5. The monoisotopic (exact) mass is 482 g/mol. The Hall–Kier alpha value is -3.22. The van der Waals surface area contributed by atoms with Gasteiger partial charge in [-0.2, -0.15) is 0 Å². The van der Waals surface area contributed by atoms with Crippen LogP contribution in [0.1, 0.15) is 46.0 Å². The predicted octanol–water partition coefficient (Wildman–Crippen LogP) is -2.57. The second-order valence-corrected chi connectivity index (χ2v) is 8.91. The number of carboxylic acid groups (broad SMARTS) is 1. The first-order chi connectivity index (χ1) is 16.0. The third kappa shape index (κ3) is 7.40. The van der Waals surface area contributed by atoms with Gasteiger partial charge in [0, 0.05) is 6.54 Å². The fraction of sp³-hybridized carbons (Fsp3) is 0.714. The molecule has 4 atom stereocenters.